The number of nitrogens with one attached hydrogen (secondary N) is 1. The second-order valence-corrected chi connectivity index (χ2v) is 7.44. The fraction of sp³-hybridized carbons (Fsp3) is 0.143. The molecule has 0 bridgehead atoms. The van der Waals surface area contributed by atoms with E-state index >= 15 is 0 Å². The van der Waals surface area contributed by atoms with E-state index in [2.05, 4.69) is 22.4 Å². The molecule has 2 heterocycles. The van der Waals surface area contributed by atoms with Crippen molar-refractivity contribution in [2.75, 3.05) is 0 Å². The lowest BCUT2D eigenvalue weighted by molar-refractivity contribution is 0.0944. The monoisotopic (exact) mass is 359 g/mol. The average molecular weight is 359 g/mol. The predicted octanol–water partition coefficient (Wildman–Crippen LogP) is 4.35. The van der Waals surface area contributed by atoms with Crippen molar-refractivity contribution in [3.8, 4) is 11.3 Å². The van der Waals surface area contributed by atoms with Gasteiger partial charge in [0.05, 0.1) is 5.69 Å². The van der Waals surface area contributed by atoms with E-state index < -0.39 is 0 Å². The summed E-state index contributed by atoms with van der Waals surface area (Å²) in [6.45, 7) is 0. The van der Waals surface area contributed by atoms with Crippen LogP contribution in [0.4, 0.5) is 0 Å². The minimum absolute atomic E-state index is 0.0308. The van der Waals surface area contributed by atoms with Crippen LogP contribution in [0.25, 0.3) is 16.2 Å². The fourth-order valence-corrected chi connectivity index (χ4v) is 4.21. The normalized spacial score (nSPS) is 18.8. The number of hydrogen-bond donors (Lipinski definition) is 1. The second kappa shape index (κ2) is 6.11. The first-order chi connectivity index (χ1) is 12.8. The number of carbonyl (C=O) groups excluding carboxylic acids is 1. The van der Waals surface area contributed by atoms with Crippen LogP contribution in [0.2, 0.25) is 0 Å². The summed E-state index contributed by atoms with van der Waals surface area (Å²) in [5.41, 5.74) is 3.89. The van der Waals surface area contributed by atoms with Crippen molar-refractivity contribution in [1.29, 1.82) is 0 Å². The van der Waals surface area contributed by atoms with Crippen LogP contribution in [0.1, 0.15) is 28.4 Å². The third kappa shape index (κ3) is 2.70. The van der Waals surface area contributed by atoms with Gasteiger partial charge in [0.15, 0.2) is 4.96 Å². The number of rotatable bonds is 4. The molecular weight excluding hydrogens is 342 g/mol. The van der Waals surface area contributed by atoms with Gasteiger partial charge in [0.2, 0.25) is 0 Å². The molecule has 26 heavy (non-hydrogen) atoms. The Balaban J connectivity index is 1.36. The van der Waals surface area contributed by atoms with E-state index in [-0.39, 0.29) is 11.9 Å². The van der Waals surface area contributed by atoms with Crippen LogP contribution in [0.15, 0.2) is 72.2 Å². The molecule has 1 saturated carbocycles. The molecule has 5 heteroatoms. The zero-order chi connectivity index (χ0) is 17.5. The minimum atomic E-state index is -0.0308. The van der Waals surface area contributed by atoms with Crippen LogP contribution >= 0.6 is 11.3 Å². The van der Waals surface area contributed by atoms with Crippen LogP contribution in [0.5, 0.6) is 0 Å². The Morgan fingerprint density at radius 3 is 2.58 bits per heavy atom. The van der Waals surface area contributed by atoms with Gasteiger partial charge in [-0.15, -0.1) is 11.3 Å². The standard InChI is InChI=1S/C21H17N3OS/c25-20(22-17-11-16(17)14-7-3-1-4-8-14)19-13-26-21-23-18(12-24(19)21)15-9-5-2-6-10-15/h1-10,12-13,16-17H,11H2,(H,22,25)/t16-,17+/m0/s1. The van der Waals surface area contributed by atoms with Gasteiger partial charge < -0.3 is 5.32 Å². The van der Waals surface area contributed by atoms with Gasteiger partial charge in [-0.05, 0) is 12.0 Å². The molecule has 0 saturated heterocycles. The first kappa shape index (κ1) is 15.3. The molecule has 1 fully saturated rings. The summed E-state index contributed by atoms with van der Waals surface area (Å²) < 4.78 is 1.89. The number of aromatic nitrogens is 2. The van der Waals surface area contributed by atoms with E-state index in [1.807, 2.05) is 64.5 Å². The van der Waals surface area contributed by atoms with Gasteiger partial charge in [0.25, 0.3) is 5.91 Å². The molecule has 0 spiro atoms. The Hall–Kier alpha value is -2.92. The predicted molar refractivity (Wildman–Crippen MR) is 104 cm³/mol. The molecule has 128 valence electrons. The van der Waals surface area contributed by atoms with Gasteiger partial charge in [0, 0.05) is 29.1 Å². The number of carbonyl (C=O) groups is 1. The van der Waals surface area contributed by atoms with Crippen LogP contribution in [-0.2, 0) is 0 Å². The van der Waals surface area contributed by atoms with Crippen molar-refractivity contribution < 1.29 is 4.79 Å². The third-order valence-electron chi connectivity index (χ3n) is 4.85. The van der Waals surface area contributed by atoms with Gasteiger partial charge in [-0.3, -0.25) is 9.20 Å². The number of thiazole rings is 1. The third-order valence-corrected chi connectivity index (χ3v) is 5.69. The van der Waals surface area contributed by atoms with E-state index in [0.29, 0.717) is 11.6 Å². The number of fused-ring (bicyclic) bond motifs is 1. The molecule has 4 nitrogen and oxygen atoms in total. The van der Waals surface area contributed by atoms with E-state index in [1.165, 1.54) is 16.9 Å². The van der Waals surface area contributed by atoms with Gasteiger partial charge in [-0.2, -0.15) is 0 Å². The first-order valence-corrected chi connectivity index (χ1v) is 9.55. The number of nitrogens with zero attached hydrogens (tertiary/aromatic N) is 2. The molecule has 0 unspecified atom stereocenters. The molecule has 2 atom stereocenters. The van der Waals surface area contributed by atoms with Crippen LogP contribution in [0, 0.1) is 0 Å². The summed E-state index contributed by atoms with van der Waals surface area (Å²) in [4.78, 5) is 18.2. The van der Waals surface area contributed by atoms with Crippen molar-refractivity contribution in [3.05, 3.63) is 83.5 Å². The average Bonchev–Trinajstić information content (AvgIpc) is 3.13. The smallest absolute Gasteiger partial charge is 0.269 e. The molecule has 0 radical (unpaired) electrons. The molecule has 2 aromatic heterocycles. The van der Waals surface area contributed by atoms with E-state index in [1.54, 1.807) is 0 Å². The highest BCUT2D eigenvalue weighted by Crippen LogP contribution is 2.40. The maximum atomic E-state index is 12.7. The molecule has 5 rings (SSSR count). The lowest BCUT2D eigenvalue weighted by Crippen LogP contribution is -2.27. The van der Waals surface area contributed by atoms with Gasteiger partial charge in [-0.1, -0.05) is 60.7 Å². The molecular formula is C21H17N3OS. The van der Waals surface area contributed by atoms with Crippen LogP contribution in [0.3, 0.4) is 0 Å². The second-order valence-electron chi connectivity index (χ2n) is 6.60. The lowest BCUT2D eigenvalue weighted by atomic mass is 10.1. The van der Waals surface area contributed by atoms with Crippen LogP contribution in [-0.4, -0.2) is 21.3 Å². The van der Waals surface area contributed by atoms with Crippen molar-refractivity contribution in [2.45, 2.75) is 18.4 Å². The molecule has 4 aromatic rings. The SMILES string of the molecule is O=C(N[C@@H]1C[C@H]1c1ccccc1)c1csc2nc(-c3ccccc3)cn12. The minimum Gasteiger partial charge on any atom is -0.347 e. The molecule has 1 aliphatic carbocycles. The van der Waals surface area contributed by atoms with Gasteiger partial charge in [-0.25, -0.2) is 4.98 Å². The topological polar surface area (TPSA) is 46.4 Å². The summed E-state index contributed by atoms with van der Waals surface area (Å²) in [6.07, 6.45) is 2.94. The molecule has 1 amide bonds. The number of benzene rings is 2. The number of hydrogen-bond acceptors (Lipinski definition) is 3. The van der Waals surface area contributed by atoms with Crippen molar-refractivity contribution in [3.63, 3.8) is 0 Å². The Bertz CT molecular complexity index is 1070. The largest absolute Gasteiger partial charge is 0.347 e. The molecule has 1 aliphatic rings. The highest BCUT2D eigenvalue weighted by Gasteiger charge is 2.39. The fourth-order valence-electron chi connectivity index (χ4n) is 3.36. The summed E-state index contributed by atoms with van der Waals surface area (Å²) >= 11 is 1.49. The molecule has 1 N–H and O–H groups in total. The number of amides is 1. The summed E-state index contributed by atoms with van der Waals surface area (Å²) in [5.74, 6) is 0.397. The van der Waals surface area contributed by atoms with Crippen molar-refractivity contribution >= 4 is 22.2 Å². The molecule has 2 aromatic carbocycles. The summed E-state index contributed by atoms with van der Waals surface area (Å²) in [6, 6.07) is 20.6. The zero-order valence-electron chi connectivity index (χ0n) is 14.0. The Labute approximate surface area is 155 Å². The zero-order valence-corrected chi connectivity index (χ0v) is 14.8. The highest BCUT2D eigenvalue weighted by atomic mass is 32.1. The quantitative estimate of drug-likeness (QED) is 0.589. The number of imidazole rings is 1. The maximum absolute atomic E-state index is 12.7. The van der Waals surface area contributed by atoms with Gasteiger partial charge >= 0.3 is 0 Å². The first-order valence-electron chi connectivity index (χ1n) is 8.67. The maximum Gasteiger partial charge on any atom is 0.269 e. The van der Waals surface area contributed by atoms with E-state index in [4.69, 9.17) is 0 Å². The van der Waals surface area contributed by atoms with Crippen molar-refractivity contribution in [2.24, 2.45) is 0 Å². The highest BCUT2D eigenvalue weighted by molar-refractivity contribution is 7.15. The van der Waals surface area contributed by atoms with Crippen LogP contribution < -0.4 is 5.32 Å². The Morgan fingerprint density at radius 2 is 1.81 bits per heavy atom. The van der Waals surface area contributed by atoms with E-state index in [0.717, 1.165) is 22.6 Å². The van der Waals surface area contributed by atoms with E-state index in [9.17, 15) is 4.79 Å². The molecule has 0 aliphatic heterocycles. The summed E-state index contributed by atoms with van der Waals surface area (Å²) in [7, 11) is 0. The Morgan fingerprint density at radius 1 is 1.08 bits per heavy atom. The lowest BCUT2D eigenvalue weighted by Gasteiger charge is -2.04. The summed E-state index contributed by atoms with van der Waals surface area (Å²) in [5, 5.41) is 5.05. The van der Waals surface area contributed by atoms with Gasteiger partial charge in [0.1, 0.15) is 5.69 Å². The Kier molecular flexibility index (Phi) is 3.60. The van der Waals surface area contributed by atoms with Crippen molar-refractivity contribution in [1.82, 2.24) is 14.7 Å².